The summed E-state index contributed by atoms with van der Waals surface area (Å²) in [6.45, 7) is -0.261. The van der Waals surface area contributed by atoms with Crippen LogP contribution in [-0.2, 0) is 4.79 Å². The zero-order valence-corrected chi connectivity index (χ0v) is 12.5. The number of amides is 2. The Balaban J connectivity index is 2.55. The summed E-state index contributed by atoms with van der Waals surface area (Å²) in [4.78, 5) is 44.2. The minimum Gasteiger partial charge on any atom is -0.502 e. The molecule has 0 saturated carbocycles. The first kappa shape index (κ1) is 17.0. The van der Waals surface area contributed by atoms with E-state index < -0.39 is 38.1 Å². The number of carbonyl (C=O) groups excluding carboxylic acids is 2. The number of phenols is 1. The molecule has 1 aromatic carbocycles. The number of aromatic hydroxyl groups is 1. The maximum atomic E-state index is 12.0. The lowest BCUT2D eigenvalue weighted by Crippen LogP contribution is -2.28. The fraction of sp³-hybridized carbons (Fsp3) is 0.0769. The summed E-state index contributed by atoms with van der Waals surface area (Å²) in [6, 6.07) is 1.45. The summed E-state index contributed by atoms with van der Waals surface area (Å²) in [5.74, 6) is 0.524. The standard InChI is InChI=1S/C13H7N3O7S/c1-2-3-14-12(18)10(24-13(14)19)5-7-4-8(15(20)21)6-9(11(7)17)16(22)23/h1,4-6,17H,3H2/b10-5+. The van der Waals surface area contributed by atoms with Crippen molar-refractivity contribution in [2.45, 2.75) is 0 Å². The van der Waals surface area contributed by atoms with E-state index >= 15 is 0 Å². The molecule has 1 fully saturated rings. The van der Waals surface area contributed by atoms with Gasteiger partial charge in [-0.15, -0.1) is 6.42 Å². The molecule has 122 valence electrons. The monoisotopic (exact) mass is 349 g/mol. The van der Waals surface area contributed by atoms with E-state index in [4.69, 9.17) is 6.42 Å². The molecule has 0 spiro atoms. The second-order valence-corrected chi connectivity index (χ2v) is 5.38. The number of carbonyl (C=O) groups is 2. The van der Waals surface area contributed by atoms with Crippen molar-refractivity contribution >= 4 is 40.4 Å². The molecule has 0 radical (unpaired) electrons. The number of rotatable bonds is 4. The zero-order valence-electron chi connectivity index (χ0n) is 11.7. The largest absolute Gasteiger partial charge is 0.502 e. The van der Waals surface area contributed by atoms with E-state index in [0.717, 1.165) is 17.0 Å². The molecule has 0 aliphatic carbocycles. The lowest BCUT2D eigenvalue weighted by atomic mass is 10.1. The topological polar surface area (TPSA) is 144 Å². The lowest BCUT2D eigenvalue weighted by molar-refractivity contribution is -0.394. The Kier molecular flexibility index (Phi) is 4.52. The van der Waals surface area contributed by atoms with Crippen molar-refractivity contribution < 1.29 is 24.5 Å². The van der Waals surface area contributed by atoms with Crippen molar-refractivity contribution in [1.29, 1.82) is 0 Å². The Morgan fingerprint density at radius 1 is 1.29 bits per heavy atom. The van der Waals surface area contributed by atoms with Crippen LogP contribution in [0.5, 0.6) is 5.75 Å². The van der Waals surface area contributed by atoms with Gasteiger partial charge < -0.3 is 5.11 Å². The predicted octanol–water partition coefficient (Wildman–Crippen LogP) is 1.88. The first-order chi connectivity index (χ1) is 11.3. The van der Waals surface area contributed by atoms with Crippen LogP contribution in [0.15, 0.2) is 17.0 Å². The van der Waals surface area contributed by atoms with Crippen molar-refractivity contribution in [3.63, 3.8) is 0 Å². The van der Waals surface area contributed by atoms with Crippen LogP contribution in [0.3, 0.4) is 0 Å². The van der Waals surface area contributed by atoms with Crippen LogP contribution in [0, 0.1) is 32.6 Å². The van der Waals surface area contributed by atoms with Crippen LogP contribution >= 0.6 is 11.8 Å². The Hall–Kier alpha value is -3.39. The Morgan fingerprint density at radius 3 is 2.50 bits per heavy atom. The number of phenolic OH excluding ortho intramolecular Hbond substituents is 1. The molecule has 2 rings (SSSR count). The number of nitrogens with zero attached hydrogens (tertiary/aromatic N) is 3. The summed E-state index contributed by atoms with van der Waals surface area (Å²) in [6.07, 6.45) is 6.02. The molecular formula is C13H7N3O7S. The highest BCUT2D eigenvalue weighted by Crippen LogP contribution is 2.38. The number of terminal acetylenes is 1. The van der Waals surface area contributed by atoms with Crippen molar-refractivity contribution in [2.75, 3.05) is 6.54 Å². The van der Waals surface area contributed by atoms with E-state index in [1.54, 1.807) is 0 Å². The smallest absolute Gasteiger partial charge is 0.318 e. The number of nitro benzene ring substituents is 2. The molecule has 1 aliphatic rings. The number of thioether (sulfide) groups is 1. The van der Waals surface area contributed by atoms with Gasteiger partial charge in [0.2, 0.25) is 5.75 Å². The van der Waals surface area contributed by atoms with E-state index in [0.29, 0.717) is 17.8 Å². The summed E-state index contributed by atoms with van der Waals surface area (Å²) in [5.41, 5.74) is -1.87. The Labute approximate surface area is 138 Å². The number of benzene rings is 1. The normalized spacial score (nSPS) is 15.6. The second kappa shape index (κ2) is 6.39. The Bertz CT molecular complexity index is 856. The van der Waals surface area contributed by atoms with Crippen LogP contribution in [-0.4, -0.2) is 37.5 Å². The highest BCUT2D eigenvalue weighted by molar-refractivity contribution is 8.18. The highest BCUT2D eigenvalue weighted by atomic mass is 32.2. The van der Waals surface area contributed by atoms with E-state index in [2.05, 4.69) is 5.92 Å². The SMILES string of the molecule is C#CCN1C(=O)S/C(=C/c2cc([N+](=O)[O-])cc([N+](=O)[O-])c2O)C1=O. The van der Waals surface area contributed by atoms with Gasteiger partial charge in [0.05, 0.1) is 27.4 Å². The summed E-state index contributed by atoms with van der Waals surface area (Å²) in [7, 11) is 0. The van der Waals surface area contributed by atoms with Crippen LogP contribution in [0.2, 0.25) is 0 Å². The predicted molar refractivity (Wildman–Crippen MR) is 82.9 cm³/mol. The number of hydrogen-bond donors (Lipinski definition) is 1. The van der Waals surface area contributed by atoms with Crippen LogP contribution in [0.25, 0.3) is 6.08 Å². The van der Waals surface area contributed by atoms with Gasteiger partial charge in [-0.1, -0.05) is 5.92 Å². The molecule has 10 nitrogen and oxygen atoms in total. The van der Waals surface area contributed by atoms with Gasteiger partial charge in [-0.05, 0) is 17.8 Å². The molecule has 1 aliphatic heterocycles. The molecule has 0 aromatic heterocycles. The summed E-state index contributed by atoms with van der Waals surface area (Å²) >= 11 is 0.506. The lowest BCUT2D eigenvalue weighted by Gasteiger charge is -2.06. The molecule has 1 heterocycles. The average Bonchev–Trinajstić information content (AvgIpc) is 2.76. The molecule has 2 amide bonds. The van der Waals surface area contributed by atoms with Gasteiger partial charge in [-0.25, -0.2) is 0 Å². The van der Waals surface area contributed by atoms with E-state index in [1.165, 1.54) is 0 Å². The third kappa shape index (κ3) is 3.03. The second-order valence-electron chi connectivity index (χ2n) is 4.39. The van der Waals surface area contributed by atoms with Crippen LogP contribution < -0.4 is 0 Å². The van der Waals surface area contributed by atoms with Gasteiger partial charge >= 0.3 is 5.69 Å². The van der Waals surface area contributed by atoms with Crippen molar-refractivity contribution in [3.05, 3.63) is 42.8 Å². The van der Waals surface area contributed by atoms with Crippen molar-refractivity contribution in [3.8, 4) is 18.1 Å². The van der Waals surface area contributed by atoms with E-state index in [9.17, 15) is 34.9 Å². The summed E-state index contributed by atoms with van der Waals surface area (Å²) in [5, 5.41) is 31.0. The highest BCUT2D eigenvalue weighted by Gasteiger charge is 2.35. The minimum atomic E-state index is -0.996. The fourth-order valence-corrected chi connectivity index (χ4v) is 2.68. The average molecular weight is 349 g/mol. The molecule has 1 N–H and O–H groups in total. The minimum absolute atomic E-state index is 0.166. The third-order valence-corrected chi connectivity index (χ3v) is 3.83. The maximum Gasteiger partial charge on any atom is 0.318 e. The van der Waals surface area contributed by atoms with Gasteiger partial charge in [-0.2, -0.15) is 0 Å². The molecule has 0 atom stereocenters. The molecule has 1 aromatic rings. The molecular weight excluding hydrogens is 342 g/mol. The van der Waals surface area contributed by atoms with Gasteiger partial charge in [0.25, 0.3) is 16.8 Å². The first-order valence-corrected chi connectivity index (χ1v) is 6.92. The molecule has 24 heavy (non-hydrogen) atoms. The fourth-order valence-electron chi connectivity index (χ4n) is 1.85. The van der Waals surface area contributed by atoms with Crippen molar-refractivity contribution in [2.24, 2.45) is 0 Å². The van der Waals surface area contributed by atoms with E-state index in [-0.39, 0.29) is 17.0 Å². The van der Waals surface area contributed by atoms with Gasteiger partial charge in [0, 0.05) is 11.6 Å². The van der Waals surface area contributed by atoms with Crippen LogP contribution in [0.1, 0.15) is 5.56 Å². The van der Waals surface area contributed by atoms with Gasteiger partial charge in [-0.3, -0.25) is 34.7 Å². The van der Waals surface area contributed by atoms with Crippen LogP contribution in [0.4, 0.5) is 16.2 Å². The molecule has 0 unspecified atom stereocenters. The maximum absolute atomic E-state index is 12.0. The van der Waals surface area contributed by atoms with E-state index in [1.807, 2.05) is 0 Å². The van der Waals surface area contributed by atoms with Gasteiger partial charge in [0.1, 0.15) is 0 Å². The molecule has 11 heteroatoms. The number of imide groups is 1. The van der Waals surface area contributed by atoms with Gasteiger partial charge in [0.15, 0.2) is 0 Å². The first-order valence-electron chi connectivity index (χ1n) is 6.11. The number of non-ortho nitro benzene ring substituents is 1. The zero-order chi connectivity index (χ0) is 18.0. The Morgan fingerprint density at radius 2 is 1.96 bits per heavy atom. The van der Waals surface area contributed by atoms with Crippen molar-refractivity contribution in [1.82, 2.24) is 4.90 Å². The summed E-state index contributed by atoms with van der Waals surface area (Å²) < 4.78 is 0. The molecule has 0 bridgehead atoms. The number of hydrogen-bond acceptors (Lipinski definition) is 8. The third-order valence-electron chi connectivity index (χ3n) is 2.92. The quantitative estimate of drug-likeness (QED) is 0.375. The number of nitro groups is 2. The molecule has 1 saturated heterocycles.